The fourth-order valence-corrected chi connectivity index (χ4v) is 4.72. The minimum absolute atomic E-state index is 0.0252. The molecule has 1 N–H and O–H groups in total. The van der Waals surface area contributed by atoms with Gasteiger partial charge < -0.3 is 19.7 Å². The van der Waals surface area contributed by atoms with Gasteiger partial charge in [-0.05, 0) is 96.4 Å². The summed E-state index contributed by atoms with van der Waals surface area (Å²) in [5.74, 6) is -0.395. The molecule has 2 amide bonds. The van der Waals surface area contributed by atoms with E-state index in [1.54, 1.807) is 31.2 Å². The minimum atomic E-state index is -0.880. The van der Waals surface area contributed by atoms with E-state index in [0.717, 1.165) is 38.5 Å². The van der Waals surface area contributed by atoms with Crippen molar-refractivity contribution in [1.82, 2.24) is 10.2 Å². The molecule has 186 valence electrons. The minimum Gasteiger partial charge on any atom is -0.484 e. The molecule has 3 atom stereocenters. The summed E-state index contributed by atoms with van der Waals surface area (Å²) in [4.78, 5) is 39.2. The number of esters is 1. The molecule has 1 aromatic rings. The molecule has 1 aromatic carbocycles. The van der Waals surface area contributed by atoms with E-state index in [-0.39, 0.29) is 30.5 Å². The predicted octanol–water partition coefficient (Wildman–Crippen LogP) is 4.41. The standard InChI is InChI=1S/C27H38N2O5/c1-19-8-7-9-20(2)29(19)25(30)18-33-24-14-12-23(13-15-24)27(32)34-21(3)26(31)28-17-16-22-10-5-4-6-11-22/h10,12-15,19-21H,4-9,11,16-18H2,1-3H3,(H,28,31). The van der Waals surface area contributed by atoms with Gasteiger partial charge in [0.25, 0.3) is 11.8 Å². The first-order valence-corrected chi connectivity index (χ1v) is 12.6. The number of allylic oxidation sites excluding steroid dienone is 1. The maximum atomic E-state index is 12.6. The van der Waals surface area contributed by atoms with Crippen LogP contribution in [0.15, 0.2) is 35.9 Å². The van der Waals surface area contributed by atoms with Crippen LogP contribution in [0.1, 0.15) is 82.5 Å². The van der Waals surface area contributed by atoms with Crippen molar-refractivity contribution in [1.29, 1.82) is 0 Å². The number of ether oxygens (including phenoxy) is 2. The van der Waals surface area contributed by atoms with E-state index in [0.29, 0.717) is 17.9 Å². The topological polar surface area (TPSA) is 84.9 Å². The highest BCUT2D eigenvalue weighted by molar-refractivity contribution is 5.92. The average molecular weight is 471 g/mol. The molecular weight excluding hydrogens is 432 g/mol. The van der Waals surface area contributed by atoms with Crippen molar-refractivity contribution in [3.8, 4) is 5.75 Å². The van der Waals surface area contributed by atoms with Gasteiger partial charge in [-0.2, -0.15) is 0 Å². The number of nitrogens with one attached hydrogen (secondary N) is 1. The second-order valence-electron chi connectivity index (χ2n) is 9.44. The lowest BCUT2D eigenvalue weighted by Gasteiger charge is -2.38. The van der Waals surface area contributed by atoms with Gasteiger partial charge in [0.2, 0.25) is 0 Å². The van der Waals surface area contributed by atoms with Gasteiger partial charge in [0.15, 0.2) is 12.7 Å². The molecule has 1 aliphatic heterocycles. The highest BCUT2D eigenvalue weighted by Crippen LogP contribution is 2.23. The molecule has 1 saturated heterocycles. The zero-order valence-electron chi connectivity index (χ0n) is 20.7. The first kappa shape index (κ1) is 25.8. The zero-order valence-corrected chi connectivity index (χ0v) is 20.7. The molecule has 7 heteroatoms. The Hall–Kier alpha value is -2.83. The lowest BCUT2D eigenvalue weighted by atomic mass is 9.97. The second-order valence-corrected chi connectivity index (χ2v) is 9.44. The maximum absolute atomic E-state index is 12.6. The van der Waals surface area contributed by atoms with Crippen LogP contribution in [0, 0.1) is 0 Å². The fraction of sp³-hybridized carbons (Fsp3) is 0.593. The fourth-order valence-electron chi connectivity index (χ4n) is 4.72. The van der Waals surface area contributed by atoms with Gasteiger partial charge in [0, 0.05) is 18.6 Å². The summed E-state index contributed by atoms with van der Waals surface area (Å²) in [6.45, 7) is 6.23. The molecule has 0 saturated carbocycles. The second kappa shape index (κ2) is 12.6. The summed E-state index contributed by atoms with van der Waals surface area (Å²) >= 11 is 0. The average Bonchev–Trinajstić information content (AvgIpc) is 2.83. The quantitative estimate of drug-likeness (QED) is 0.427. The number of hydrogen-bond donors (Lipinski definition) is 1. The number of benzene rings is 1. The normalized spacial score (nSPS) is 21.3. The van der Waals surface area contributed by atoms with Gasteiger partial charge in [-0.3, -0.25) is 9.59 Å². The number of piperidine rings is 1. The Morgan fingerprint density at radius 3 is 2.41 bits per heavy atom. The molecule has 7 nitrogen and oxygen atoms in total. The van der Waals surface area contributed by atoms with Crippen LogP contribution in [0.2, 0.25) is 0 Å². The third kappa shape index (κ3) is 7.34. The van der Waals surface area contributed by atoms with E-state index in [2.05, 4.69) is 25.2 Å². The largest absolute Gasteiger partial charge is 0.484 e. The summed E-state index contributed by atoms with van der Waals surface area (Å²) in [6.07, 6.45) is 10.1. The molecular formula is C27H38N2O5. The van der Waals surface area contributed by atoms with Crippen molar-refractivity contribution >= 4 is 17.8 Å². The van der Waals surface area contributed by atoms with Crippen molar-refractivity contribution < 1.29 is 23.9 Å². The van der Waals surface area contributed by atoms with Crippen LogP contribution in [0.4, 0.5) is 0 Å². The molecule has 0 aromatic heterocycles. The van der Waals surface area contributed by atoms with E-state index in [9.17, 15) is 14.4 Å². The van der Waals surface area contributed by atoms with Gasteiger partial charge in [-0.1, -0.05) is 11.6 Å². The highest BCUT2D eigenvalue weighted by Gasteiger charge is 2.29. The number of hydrogen-bond acceptors (Lipinski definition) is 5. The molecule has 0 bridgehead atoms. The number of carbonyl (C=O) groups excluding carboxylic acids is 3. The van der Waals surface area contributed by atoms with Crippen LogP contribution in [0.5, 0.6) is 5.75 Å². The summed E-state index contributed by atoms with van der Waals surface area (Å²) in [5.41, 5.74) is 1.71. The van der Waals surface area contributed by atoms with Crippen molar-refractivity contribution in [2.45, 2.75) is 90.3 Å². The van der Waals surface area contributed by atoms with Crippen molar-refractivity contribution in [2.75, 3.05) is 13.2 Å². The van der Waals surface area contributed by atoms with Gasteiger partial charge >= 0.3 is 5.97 Å². The number of amides is 2. The van der Waals surface area contributed by atoms with Crippen LogP contribution in [-0.2, 0) is 14.3 Å². The summed E-state index contributed by atoms with van der Waals surface area (Å²) in [6, 6.07) is 6.87. The molecule has 0 radical (unpaired) electrons. The first-order valence-electron chi connectivity index (χ1n) is 12.6. The molecule has 1 aliphatic carbocycles. The third-order valence-electron chi connectivity index (χ3n) is 6.72. The van der Waals surface area contributed by atoms with Gasteiger partial charge in [-0.15, -0.1) is 0 Å². The van der Waals surface area contributed by atoms with Crippen LogP contribution < -0.4 is 10.1 Å². The number of carbonyl (C=O) groups is 3. The monoisotopic (exact) mass is 470 g/mol. The molecule has 1 heterocycles. The highest BCUT2D eigenvalue weighted by atomic mass is 16.5. The lowest BCUT2D eigenvalue weighted by Crippen LogP contribution is -2.49. The molecule has 34 heavy (non-hydrogen) atoms. The summed E-state index contributed by atoms with van der Waals surface area (Å²) in [5, 5.41) is 2.84. The Bertz CT molecular complexity index is 870. The molecule has 3 rings (SSSR count). The van der Waals surface area contributed by atoms with Crippen molar-refractivity contribution in [3.63, 3.8) is 0 Å². The van der Waals surface area contributed by atoms with Crippen molar-refractivity contribution in [3.05, 3.63) is 41.5 Å². The van der Waals surface area contributed by atoms with Gasteiger partial charge in [-0.25, -0.2) is 4.79 Å². The lowest BCUT2D eigenvalue weighted by molar-refractivity contribution is -0.139. The molecule has 0 spiro atoms. The number of likely N-dealkylation sites (tertiary alicyclic amines) is 1. The number of nitrogens with zero attached hydrogens (tertiary/aromatic N) is 1. The van der Waals surface area contributed by atoms with Crippen molar-refractivity contribution in [2.24, 2.45) is 0 Å². The molecule has 3 unspecified atom stereocenters. The molecule has 1 fully saturated rings. The Labute approximate surface area is 202 Å². The van der Waals surface area contributed by atoms with Crippen LogP contribution in [0.25, 0.3) is 0 Å². The van der Waals surface area contributed by atoms with E-state index >= 15 is 0 Å². The van der Waals surface area contributed by atoms with E-state index in [4.69, 9.17) is 9.47 Å². The van der Waals surface area contributed by atoms with E-state index < -0.39 is 12.1 Å². The summed E-state index contributed by atoms with van der Waals surface area (Å²) in [7, 11) is 0. The van der Waals surface area contributed by atoms with Crippen LogP contribution >= 0.6 is 0 Å². The molecule has 2 aliphatic rings. The smallest absolute Gasteiger partial charge is 0.338 e. The Morgan fingerprint density at radius 2 is 1.76 bits per heavy atom. The van der Waals surface area contributed by atoms with E-state index in [1.165, 1.54) is 18.4 Å². The van der Waals surface area contributed by atoms with Crippen LogP contribution in [0.3, 0.4) is 0 Å². The Morgan fingerprint density at radius 1 is 1.06 bits per heavy atom. The van der Waals surface area contributed by atoms with Gasteiger partial charge in [0.05, 0.1) is 5.56 Å². The van der Waals surface area contributed by atoms with E-state index in [1.807, 2.05) is 4.90 Å². The predicted molar refractivity (Wildman–Crippen MR) is 131 cm³/mol. The summed E-state index contributed by atoms with van der Waals surface area (Å²) < 4.78 is 11.0. The van der Waals surface area contributed by atoms with Crippen LogP contribution in [-0.4, -0.2) is 54.0 Å². The Kier molecular flexibility index (Phi) is 9.54. The van der Waals surface area contributed by atoms with Gasteiger partial charge in [0.1, 0.15) is 5.75 Å². The number of rotatable bonds is 9. The zero-order chi connectivity index (χ0) is 24.5. The SMILES string of the molecule is CC(OC(=O)c1ccc(OCC(=O)N2C(C)CCCC2C)cc1)C(=O)NCCC1=CCCCC1. The maximum Gasteiger partial charge on any atom is 0.338 e. The Balaban J connectivity index is 1.41. The first-order chi connectivity index (χ1) is 16.3. The third-order valence-corrected chi connectivity index (χ3v) is 6.72.